The SMILES string of the molecule is CCOc1ccccc1C(O)CN1CC2CCC1C2. The maximum Gasteiger partial charge on any atom is 0.125 e. The number of benzene rings is 1. The first-order valence-electron chi connectivity index (χ1n) is 7.41. The third-order valence-electron chi connectivity index (χ3n) is 4.51. The fourth-order valence-corrected chi connectivity index (χ4v) is 3.61. The van der Waals surface area contributed by atoms with E-state index in [1.807, 2.05) is 31.2 Å². The molecule has 1 heterocycles. The van der Waals surface area contributed by atoms with Crippen LogP contribution in [-0.2, 0) is 0 Å². The molecule has 3 heteroatoms. The van der Waals surface area contributed by atoms with Gasteiger partial charge in [0.05, 0.1) is 12.7 Å². The summed E-state index contributed by atoms with van der Waals surface area (Å²) in [5.41, 5.74) is 0.923. The van der Waals surface area contributed by atoms with Gasteiger partial charge in [-0.25, -0.2) is 0 Å². The van der Waals surface area contributed by atoms with Crippen molar-refractivity contribution in [2.45, 2.75) is 38.3 Å². The fourth-order valence-electron chi connectivity index (χ4n) is 3.61. The smallest absolute Gasteiger partial charge is 0.125 e. The van der Waals surface area contributed by atoms with Gasteiger partial charge in [0.2, 0.25) is 0 Å². The highest BCUT2D eigenvalue weighted by Gasteiger charge is 2.38. The van der Waals surface area contributed by atoms with Gasteiger partial charge in [-0.2, -0.15) is 0 Å². The molecule has 3 atom stereocenters. The number of hydrogen-bond donors (Lipinski definition) is 1. The zero-order valence-corrected chi connectivity index (χ0v) is 11.6. The van der Waals surface area contributed by atoms with Gasteiger partial charge in [-0.1, -0.05) is 18.2 Å². The molecule has 0 aromatic heterocycles. The number of aliphatic hydroxyl groups is 1. The Morgan fingerprint density at radius 3 is 2.89 bits per heavy atom. The average molecular weight is 261 g/mol. The summed E-state index contributed by atoms with van der Waals surface area (Å²) in [7, 11) is 0. The summed E-state index contributed by atoms with van der Waals surface area (Å²) < 4.78 is 5.61. The van der Waals surface area contributed by atoms with Gasteiger partial charge in [-0.15, -0.1) is 0 Å². The maximum atomic E-state index is 10.5. The fraction of sp³-hybridized carbons (Fsp3) is 0.625. The van der Waals surface area contributed by atoms with Gasteiger partial charge in [0, 0.05) is 24.7 Å². The monoisotopic (exact) mass is 261 g/mol. The number of para-hydroxylation sites is 1. The largest absolute Gasteiger partial charge is 0.493 e. The van der Waals surface area contributed by atoms with E-state index in [2.05, 4.69) is 4.90 Å². The van der Waals surface area contributed by atoms with Crippen LogP contribution in [0.15, 0.2) is 24.3 Å². The van der Waals surface area contributed by atoms with Crippen molar-refractivity contribution >= 4 is 0 Å². The van der Waals surface area contributed by atoms with Crippen molar-refractivity contribution < 1.29 is 9.84 Å². The van der Waals surface area contributed by atoms with Gasteiger partial charge in [0.15, 0.2) is 0 Å². The lowest BCUT2D eigenvalue weighted by Crippen LogP contribution is -2.35. The van der Waals surface area contributed by atoms with Crippen molar-refractivity contribution in [3.05, 3.63) is 29.8 Å². The number of aliphatic hydroxyl groups excluding tert-OH is 1. The van der Waals surface area contributed by atoms with Crippen molar-refractivity contribution in [2.24, 2.45) is 5.92 Å². The van der Waals surface area contributed by atoms with Crippen LogP contribution in [0.1, 0.15) is 37.9 Å². The van der Waals surface area contributed by atoms with Gasteiger partial charge in [-0.3, -0.25) is 4.90 Å². The molecular formula is C16H23NO2. The second-order valence-electron chi connectivity index (χ2n) is 5.77. The summed E-state index contributed by atoms with van der Waals surface area (Å²) in [6, 6.07) is 8.55. The zero-order chi connectivity index (χ0) is 13.2. The predicted octanol–water partition coefficient (Wildman–Crippen LogP) is 2.60. The number of β-amino-alcohol motifs (C(OH)–C–C–N with tert-alkyl or cyclic N) is 1. The predicted molar refractivity (Wildman–Crippen MR) is 75.3 cm³/mol. The zero-order valence-electron chi connectivity index (χ0n) is 11.6. The summed E-state index contributed by atoms with van der Waals surface area (Å²) >= 11 is 0. The quantitative estimate of drug-likeness (QED) is 0.884. The highest BCUT2D eigenvalue weighted by Crippen LogP contribution is 2.38. The molecule has 1 N–H and O–H groups in total. The van der Waals surface area contributed by atoms with E-state index in [1.165, 1.54) is 25.8 Å². The number of rotatable bonds is 5. The molecule has 2 fully saturated rings. The molecule has 19 heavy (non-hydrogen) atoms. The van der Waals surface area contributed by atoms with Crippen LogP contribution in [-0.4, -0.2) is 35.7 Å². The summed E-state index contributed by atoms with van der Waals surface area (Å²) in [4.78, 5) is 2.46. The van der Waals surface area contributed by atoms with Gasteiger partial charge >= 0.3 is 0 Å². The topological polar surface area (TPSA) is 32.7 Å². The Labute approximate surface area is 115 Å². The Morgan fingerprint density at radius 2 is 2.21 bits per heavy atom. The van der Waals surface area contributed by atoms with E-state index in [-0.39, 0.29) is 0 Å². The molecule has 1 saturated heterocycles. The molecular weight excluding hydrogens is 238 g/mol. The van der Waals surface area contributed by atoms with Crippen LogP contribution < -0.4 is 4.74 Å². The first-order chi connectivity index (χ1) is 9.28. The van der Waals surface area contributed by atoms with Crippen LogP contribution in [0.4, 0.5) is 0 Å². The molecule has 104 valence electrons. The van der Waals surface area contributed by atoms with Crippen LogP contribution in [0.25, 0.3) is 0 Å². The van der Waals surface area contributed by atoms with Gasteiger partial charge in [0.1, 0.15) is 5.75 Å². The molecule has 1 saturated carbocycles. The molecule has 0 radical (unpaired) electrons. The number of fused-ring (bicyclic) bond motifs is 2. The van der Waals surface area contributed by atoms with Gasteiger partial charge in [0.25, 0.3) is 0 Å². The standard InChI is InChI=1S/C16H23NO2/c1-2-19-16-6-4-3-5-14(16)15(18)11-17-10-12-7-8-13(17)9-12/h3-6,12-13,15,18H,2,7-11H2,1H3. The lowest BCUT2D eigenvalue weighted by atomic mass is 10.1. The lowest BCUT2D eigenvalue weighted by Gasteiger charge is -2.29. The van der Waals surface area contributed by atoms with Crippen LogP contribution in [0.5, 0.6) is 5.75 Å². The summed E-state index contributed by atoms with van der Waals surface area (Å²) in [5, 5.41) is 10.5. The first-order valence-corrected chi connectivity index (χ1v) is 7.41. The van der Waals surface area contributed by atoms with E-state index in [0.29, 0.717) is 12.6 Å². The molecule has 2 aliphatic rings. The molecule has 1 aromatic rings. The van der Waals surface area contributed by atoms with Crippen molar-refractivity contribution in [1.82, 2.24) is 4.90 Å². The summed E-state index contributed by atoms with van der Waals surface area (Å²) in [6.45, 7) is 4.52. The minimum atomic E-state index is -0.443. The molecule has 3 unspecified atom stereocenters. The van der Waals surface area contributed by atoms with Crippen LogP contribution in [0, 0.1) is 5.92 Å². The van der Waals surface area contributed by atoms with Gasteiger partial charge < -0.3 is 9.84 Å². The molecule has 0 amide bonds. The number of ether oxygens (including phenoxy) is 1. The molecule has 3 nitrogen and oxygen atoms in total. The van der Waals surface area contributed by atoms with Crippen molar-refractivity contribution in [2.75, 3.05) is 19.7 Å². The minimum absolute atomic E-state index is 0.443. The normalized spacial score (nSPS) is 27.7. The number of piperidine rings is 1. The Hall–Kier alpha value is -1.06. The maximum absolute atomic E-state index is 10.5. The molecule has 1 aromatic carbocycles. The van der Waals surface area contributed by atoms with E-state index in [9.17, 15) is 5.11 Å². The van der Waals surface area contributed by atoms with Crippen LogP contribution in [0.3, 0.4) is 0 Å². The highest BCUT2D eigenvalue weighted by molar-refractivity contribution is 5.35. The van der Waals surface area contributed by atoms with E-state index in [4.69, 9.17) is 4.74 Å². The van der Waals surface area contributed by atoms with Crippen molar-refractivity contribution in [1.29, 1.82) is 0 Å². The Kier molecular flexibility index (Phi) is 3.76. The highest BCUT2D eigenvalue weighted by atomic mass is 16.5. The first kappa shape index (κ1) is 12.9. The Morgan fingerprint density at radius 1 is 1.37 bits per heavy atom. The number of nitrogens with zero attached hydrogens (tertiary/aromatic N) is 1. The number of hydrogen-bond acceptors (Lipinski definition) is 3. The van der Waals surface area contributed by atoms with Crippen molar-refractivity contribution in [3.63, 3.8) is 0 Å². The molecule has 0 spiro atoms. The number of likely N-dealkylation sites (tertiary alicyclic amines) is 1. The van der Waals surface area contributed by atoms with E-state index in [1.54, 1.807) is 0 Å². The van der Waals surface area contributed by atoms with Gasteiger partial charge in [-0.05, 0) is 38.2 Å². The Balaban J connectivity index is 1.68. The molecule has 1 aliphatic heterocycles. The minimum Gasteiger partial charge on any atom is -0.493 e. The van der Waals surface area contributed by atoms with Crippen LogP contribution in [0.2, 0.25) is 0 Å². The van der Waals surface area contributed by atoms with Crippen LogP contribution >= 0.6 is 0 Å². The summed E-state index contributed by atoms with van der Waals surface area (Å²) in [5.74, 6) is 1.70. The Bertz CT molecular complexity index is 435. The van der Waals surface area contributed by atoms with E-state index in [0.717, 1.165) is 23.8 Å². The van der Waals surface area contributed by atoms with E-state index < -0.39 is 6.10 Å². The molecule has 3 rings (SSSR count). The summed E-state index contributed by atoms with van der Waals surface area (Å²) in [6.07, 6.45) is 3.58. The molecule has 1 aliphatic carbocycles. The van der Waals surface area contributed by atoms with Crippen molar-refractivity contribution in [3.8, 4) is 5.75 Å². The second-order valence-corrected chi connectivity index (χ2v) is 5.77. The lowest BCUT2D eigenvalue weighted by molar-refractivity contribution is 0.0923. The van der Waals surface area contributed by atoms with E-state index >= 15 is 0 Å². The average Bonchev–Trinajstić information content (AvgIpc) is 3.02. The third-order valence-corrected chi connectivity index (χ3v) is 4.51. The second kappa shape index (κ2) is 5.51. The third kappa shape index (κ3) is 2.63. The molecule has 2 bridgehead atoms.